The summed E-state index contributed by atoms with van der Waals surface area (Å²) in [6.07, 6.45) is 1.25. The number of nitrogens with one attached hydrogen (secondary N) is 1. The molecule has 0 atom stereocenters. The number of hydrogen-bond acceptors (Lipinski definition) is 4. The third-order valence-corrected chi connectivity index (χ3v) is 4.08. The maximum absolute atomic E-state index is 11.8. The van der Waals surface area contributed by atoms with Crippen LogP contribution in [0.25, 0.3) is 0 Å². The highest BCUT2D eigenvalue weighted by atomic mass is 79.9. The fraction of sp³-hybridized carbons (Fsp3) is 0.455. The number of benzene rings is 1. The van der Waals surface area contributed by atoms with Gasteiger partial charge in [0.1, 0.15) is 5.75 Å². The number of anilines is 1. The van der Waals surface area contributed by atoms with Gasteiger partial charge in [0.25, 0.3) is 0 Å². The minimum atomic E-state index is -3.33. The predicted molar refractivity (Wildman–Crippen MR) is 76.4 cm³/mol. The standard InChI is InChI=1S/C11H17BrN2O3S/c1-17-11-7-9(12)6-10(8-11)14-18(15,16)5-3-2-4-13/h6-8,14H,2-5,13H2,1H3. The van der Waals surface area contributed by atoms with Gasteiger partial charge in [0.2, 0.25) is 10.0 Å². The van der Waals surface area contributed by atoms with E-state index in [0.717, 1.165) is 4.47 Å². The number of halogens is 1. The molecular weight excluding hydrogens is 320 g/mol. The summed E-state index contributed by atoms with van der Waals surface area (Å²) in [7, 11) is -1.80. The zero-order valence-electron chi connectivity index (χ0n) is 10.1. The third-order valence-electron chi connectivity index (χ3n) is 2.25. The number of nitrogens with two attached hydrogens (primary N) is 1. The van der Waals surface area contributed by atoms with Crippen molar-refractivity contribution in [3.8, 4) is 5.75 Å². The SMILES string of the molecule is COc1cc(Br)cc(NS(=O)(=O)CCCCN)c1. The fourth-order valence-electron chi connectivity index (χ4n) is 1.41. The van der Waals surface area contributed by atoms with Crippen molar-refractivity contribution in [2.45, 2.75) is 12.8 Å². The van der Waals surface area contributed by atoms with E-state index in [4.69, 9.17) is 10.5 Å². The largest absolute Gasteiger partial charge is 0.497 e. The van der Waals surface area contributed by atoms with Crippen molar-refractivity contribution in [1.29, 1.82) is 0 Å². The van der Waals surface area contributed by atoms with E-state index in [1.165, 1.54) is 7.11 Å². The Morgan fingerprint density at radius 3 is 2.67 bits per heavy atom. The van der Waals surface area contributed by atoms with Crippen molar-refractivity contribution in [3.05, 3.63) is 22.7 Å². The van der Waals surface area contributed by atoms with Crippen LogP contribution in [0.1, 0.15) is 12.8 Å². The van der Waals surface area contributed by atoms with E-state index in [1.54, 1.807) is 18.2 Å². The van der Waals surface area contributed by atoms with Crippen LogP contribution in [-0.2, 0) is 10.0 Å². The average molecular weight is 337 g/mol. The van der Waals surface area contributed by atoms with E-state index >= 15 is 0 Å². The quantitative estimate of drug-likeness (QED) is 0.745. The first-order valence-electron chi connectivity index (χ1n) is 5.52. The van der Waals surface area contributed by atoms with Crippen LogP contribution >= 0.6 is 15.9 Å². The number of sulfonamides is 1. The molecule has 0 radical (unpaired) electrons. The number of methoxy groups -OCH3 is 1. The molecule has 0 unspecified atom stereocenters. The first-order valence-corrected chi connectivity index (χ1v) is 7.96. The summed E-state index contributed by atoms with van der Waals surface area (Å²) in [5.74, 6) is 0.656. The average Bonchev–Trinajstić information content (AvgIpc) is 2.27. The predicted octanol–water partition coefficient (Wildman–Crippen LogP) is 1.94. The van der Waals surface area contributed by atoms with Crippen molar-refractivity contribution >= 4 is 31.6 Å². The zero-order valence-corrected chi connectivity index (χ0v) is 12.6. The summed E-state index contributed by atoms with van der Waals surface area (Å²) < 4.78 is 31.9. The van der Waals surface area contributed by atoms with Crippen LogP contribution in [0, 0.1) is 0 Å². The highest BCUT2D eigenvalue weighted by Gasteiger charge is 2.11. The van der Waals surface area contributed by atoms with Crippen molar-refractivity contribution in [2.24, 2.45) is 5.73 Å². The molecule has 102 valence electrons. The molecule has 3 N–H and O–H groups in total. The summed E-state index contributed by atoms with van der Waals surface area (Å²) in [6, 6.07) is 5.07. The molecule has 0 amide bonds. The molecule has 0 saturated carbocycles. The van der Waals surface area contributed by atoms with Gasteiger partial charge in [0.15, 0.2) is 0 Å². The summed E-state index contributed by atoms with van der Waals surface area (Å²) in [5.41, 5.74) is 5.81. The van der Waals surface area contributed by atoms with E-state index < -0.39 is 10.0 Å². The molecule has 7 heteroatoms. The maximum Gasteiger partial charge on any atom is 0.232 e. The van der Waals surface area contributed by atoms with Crippen molar-refractivity contribution in [1.82, 2.24) is 0 Å². The zero-order chi connectivity index (χ0) is 13.6. The lowest BCUT2D eigenvalue weighted by Gasteiger charge is -2.09. The molecule has 1 rings (SSSR count). The Balaban J connectivity index is 2.74. The molecule has 0 spiro atoms. The van der Waals surface area contributed by atoms with Gasteiger partial charge in [0, 0.05) is 10.5 Å². The molecule has 5 nitrogen and oxygen atoms in total. The second kappa shape index (κ2) is 6.96. The fourth-order valence-corrected chi connectivity index (χ4v) is 3.04. The molecule has 18 heavy (non-hydrogen) atoms. The second-order valence-corrected chi connectivity index (χ2v) is 6.55. The lowest BCUT2D eigenvalue weighted by molar-refractivity contribution is 0.415. The topological polar surface area (TPSA) is 81.4 Å². The molecule has 0 bridgehead atoms. The number of ether oxygens (including phenoxy) is 1. The minimum absolute atomic E-state index is 0.0685. The van der Waals surface area contributed by atoms with E-state index in [9.17, 15) is 8.42 Å². The van der Waals surface area contributed by atoms with E-state index in [2.05, 4.69) is 20.7 Å². The Hall–Kier alpha value is -0.790. The van der Waals surface area contributed by atoms with Crippen LogP contribution in [0.2, 0.25) is 0 Å². The van der Waals surface area contributed by atoms with Gasteiger partial charge in [-0.2, -0.15) is 0 Å². The van der Waals surface area contributed by atoms with Crippen molar-refractivity contribution < 1.29 is 13.2 Å². The minimum Gasteiger partial charge on any atom is -0.497 e. The smallest absolute Gasteiger partial charge is 0.232 e. The Kier molecular flexibility index (Phi) is 5.90. The lowest BCUT2D eigenvalue weighted by atomic mass is 10.3. The van der Waals surface area contributed by atoms with Gasteiger partial charge in [-0.15, -0.1) is 0 Å². The molecule has 1 aromatic carbocycles. The van der Waals surface area contributed by atoms with Crippen LogP contribution in [0.4, 0.5) is 5.69 Å². The molecule has 0 fully saturated rings. The van der Waals surface area contributed by atoms with Crippen molar-refractivity contribution in [3.63, 3.8) is 0 Å². The van der Waals surface area contributed by atoms with E-state index in [1.807, 2.05) is 0 Å². The van der Waals surface area contributed by atoms with Crippen LogP contribution in [-0.4, -0.2) is 27.8 Å². The van der Waals surface area contributed by atoms with Gasteiger partial charge in [-0.05, 0) is 31.5 Å². The summed E-state index contributed by atoms with van der Waals surface area (Å²) in [5, 5.41) is 0. The Bertz CT molecular complexity index is 491. The van der Waals surface area contributed by atoms with Crippen LogP contribution < -0.4 is 15.2 Å². The summed E-state index contributed by atoms with van der Waals surface area (Å²) in [6.45, 7) is 0.500. The van der Waals surface area contributed by atoms with Gasteiger partial charge in [-0.25, -0.2) is 8.42 Å². The molecule has 0 aliphatic carbocycles. The molecule has 0 aliphatic rings. The van der Waals surface area contributed by atoms with Gasteiger partial charge in [-0.1, -0.05) is 15.9 Å². The lowest BCUT2D eigenvalue weighted by Crippen LogP contribution is -2.17. The van der Waals surface area contributed by atoms with Gasteiger partial charge < -0.3 is 10.5 Å². The molecule has 0 saturated heterocycles. The Labute approximate surface area is 116 Å². The van der Waals surface area contributed by atoms with Crippen LogP contribution in [0.3, 0.4) is 0 Å². The van der Waals surface area contributed by atoms with Gasteiger partial charge in [0.05, 0.1) is 18.6 Å². The third kappa shape index (κ3) is 5.24. The van der Waals surface area contributed by atoms with Crippen molar-refractivity contribution in [2.75, 3.05) is 24.1 Å². The highest BCUT2D eigenvalue weighted by Crippen LogP contribution is 2.25. The molecule has 0 aromatic heterocycles. The molecule has 0 heterocycles. The molecular formula is C11H17BrN2O3S. The van der Waals surface area contributed by atoms with Crippen LogP contribution in [0.5, 0.6) is 5.75 Å². The first kappa shape index (κ1) is 15.3. The Morgan fingerprint density at radius 2 is 2.06 bits per heavy atom. The van der Waals surface area contributed by atoms with E-state index in [-0.39, 0.29) is 5.75 Å². The van der Waals surface area contributed by atoms with E-state index in [0.29, 0.717) is 30.8 Å². The normalized spacial score (nSPS) is 11.3. The summed E-state index contributed by atoms with van der Waals surface area (Å²) >= 11 is 3.29. The number of rotatable bonds is 7. The molecule has 1 aromatic rings. The second-order valence-electron chi connectivity index (χ2n) is 3.80. The van der Waals surface area contributed by atoms with Gasteiger partial charge in [-0.3, -0.25) is 4.72 Å². The Morgan fingerprint density at radius 1 is 1.33 bits per heavy atom. The monoisotopic (exact) mass is 336 g/mol. The molecule has 0 aliphatic heterocycles. The summed E-state index contributed by atoms with van der Waals surface area (Å²) in [4.78, 5) is 0. The first-order chi connectivity index (χ1) is 8.46. The van der Waals surface area contributed by atoms with Crippen LogP contribution in [0.15, 0.2) is 22.7 Å². The number of hydrogen-bond donors (Lipinski definition) is 2. The number of unbranched alkanes of at least 4 members (excludes halogenated alkanes) is 1. The van der Waals surface area contributed by atoms with Gasteiger partial charge >= 0.3 is 0 Å². The highest BCUT2D eigenvalue weighted by molar-refractivity contribution is 9.10. The maximum atomic E-state index is 11.8.